The molecule has 0 aliphatic rings. The third kappa shape index (κ3) is 2.38. The number of benzene rings is 1. The number of hydrogen-bond acceptors (Lipinski definition) is 3. The van der Waals surface area contributed by atoms with Gasteiger partial charge < -0.3 is 11.5 Å². The van der Waals surface area contributed by atoms with Crippen LogP contribution in [-0.2, 0) is 6.54 Å². The minimum absolute atomic E-state index is 0.0987. The van der Waals surface area contributed by atoms with Crippen LogP contribution in [0.5, 0.6) is 0 Å². The second-order valence-corrected chi connectivity index (χ2v) is 3.94. The van der Waals surface area contributed by atoms with E-state index in [1.807, 2.05) is 0 Å². The van der Waals surface area contributed by atoms with E-state index < -0.39 is 11.7 Å². The number of carbonyl (C=O) groups excluding carboxylic acids is 1. The standard InChI is InChI=1S/C13H12FN3O2/c14-11-6-9(3-4-10(11)12(16)18)17-5-1-2-8(7-15)13(17)19/h1-6H,7,15H2,(H2,16,18). The Bertz CT molecular complexity index is 695. The molecule has 0 radical (unpaired) electrons. The van der Waals surface area contributed by atoms with Crippen LogP contribution in [0.2, 0.25) is 0 Å². The van der Waals surface area contributed by atoms with Gasteiger partial charge in [-0.3, -0.25) is 14.2 Å². The zero-order valence-corrected chi connectivity index (χ0v) is 9.97. The van der Waals surface area contributed by atoms with E-state index in [2.05, 4.69) is 0 Å². The van der Waals surface area contributed by atoms with Gasteiger partial charge in [0.2, 0.25) is 0 Å². The van der Waals surface area contributed by atoms with Gasteiger partial charge in [0.05, 0.1) is 11.3 Å². The van der Waals surface area contributed by atoms with E-state index in [0.29, 0.717) is 11.3 Å². The smallest absolute Gasteiger partial charge is 0.259 e. The zero-order chi connectivity index (χ0) is 14.0. The van der Waals surface area contributed by atoms with Crippen LogP contribution in [0.25, 0.3) is 5.69 Å². The van der Waals surface area contributed by atoms with Crippen molar-refractivity contribution < 1.29 is 9.18 Å². The van der Waals surface area contributed by atoms with Crippen molar-refractivity contribution in [2.45, 2.75) is 6.54 Å². The number of pyridine rings is 1. The number of hydrogen-bond donors (Lipinski definition) is 2. The van der Waals surface area contributed by atoms with Crippen molar-refractivity contribution in [3.63, 3.8) is 0 Å². The van der Waals surface area contributed by atoms with Gasteiger partial charge in [-0.05, 0) is 24.3 Å². The lowest BCUT2D eigenvalue weighted by molar-refractivity contribution is 0.0996. The number of primary amides is 1. The Labute approximate surface area is 108 Å². The minimum Gasteiger partial charge on any atom is -0.366 e. The largest absolute Gasteiger partial charge is 0.366 e. The Morgan fingerprint density at radius 3 is 2.63 bits per heavy atom. The van der Waals surface area contributed by atoms with E-state index in [1.54, 1.807) is 12.1 Å². The Morgan fingerprint density at radius 2 is 2.05 bits per heavy atom. The second-order valence-electron chi connectivity index (χ2n) is 3.94. The molecule has 0 fully saturated rings. The summed E-state index contributed by atoms with van der Waals surface area (Å²) in [5.74, 6) is -1.62. The number of carbonyl (C=O) groups is 1. The van der Waals surface area contributed by atoms with Crippen molar-refractivity contribution >= 4 is 5.91 Å². The van der Waals surface area contributed by atoms with Crippen LogP contribution in [0.4, 0.5) is 4.39 Å². The summed E-state index contributed by atoms with van der Waals surface area (Å²) >= 11 is 0. The molecular formula is C13H12FN3O2. The molecule has 1 heterocycles. The molecule has 2 rings (SSSR count). The van der Waals surface area contributed by atoms with E-state index in [9.17, 15) is 14.0 Å². The van der Waals surface area contributed by atoms with Crippen LogP contribution in [-0.4, -0.2) is 10.5 Å². The molecule has 6 heteroatoms. The highest BCUT2D eigenvalue weighted by Gasteiger charge is 2.10. The summed E-state index contributed by atoms with van der Waals surface area (Å²) in [6, 6.07) is 7.03. The van der Waals surface area contributed by atoms with Gasteiger partial charge in [0.15, 0.2) is 0 Å². The fraction of sp³-hybridized carbons (Fsp3) is 0.0769. The predicted molar refractivity (Wildman–Crippen MR) is 68.4 cm³/mol. The number of amides is 1. The Morgan fingerprint density at radius 1 is 1.32 bits per heavy atom. The van der Waals surface area contributed by atoms with Crippen LogP contribution in [0.15, 0.2) is 41.3 Å². The lowest BCUT2D eigenvalue weighted by atomic mass is 10.1. The number of aromatic nitrogens is 1. The molecule has 5 nitrogen and oxygen atoms in total. The molecule has 98 valence electrons. The van der Waals surface area contributed by atoms with Gasteiger partial charge >= 0.3 is 0 Å². The van der Waals surface area contributed by atoms with Crippen LogP contribution in [0.1, 0.15) is 15.9 Å². The van der Waals surface area contributed by atoms with E-state index in [4.69, 9.17) is 11.5 Å². The summed E-state index contributed by atoms with van der Waals surface area (Å²) in [4.78, 5) is 22.9. The molecule has 1 aromatic heterocycles. The van der Waals surface area contributed by atoms with Crippen LogP contribution in [0, 0.1) is 5.82 Å². The van der Waals surface area contributed by atoms with E-state index in [-0.39, 0.29) is 17.7 Å². The maximum atomic E-state index is 13.7. The first-order valence-corrected chi connectivity index (χ1v) is 5.55. The molecule has 19 heavy (non-hydrogen) atoms. The van der Waals surface area contributed by atoms with Gasteiger partial charge in [0.25, 0.3) is 11.5 Å². The molecule has 0 spiro atoms. The molecule has 1 aromatic carbocycles. The van der Waals surface area contributed by atoms with Gasteiger partial charge in [-0.2, -0.15) is 0 Å². The third-order valence-electron chi connectivity index (χ3n) is 2.74. The molecule has 0 aliphatic heterocycles. The number of rotatable bonds is 3. The predicted octanol–water partition coefficient (Wildman–Crippen LogP) is 0.534. The molecule has 0 atom stereocenters. The molecule has 2 aromatic rings. The summed E-state index contributed by atoms with van der Waals surface area (Å²) in [5.41, 5.74) is 10.6. The molecule has 1 amide bonds. The fourth-order valence-electron chi connectivity index (χ4n) is 1.75. The maximum Gasteiger partial charge on any atom is 0.259 e. The van der Waals surface area contributed by atoms with Crippen molar-refractivity contribution in [1.29, 1.82) is 0 Å². The first-order chi connectivity index (χ1) is 9.04. The highest BCUT2D eigenvalue weighted by molar-refractivity contribution is 5.93. The first kappa shape index (κ1) is 13.0. The lowest BCUT2D eigenvalue weighted by Crippen LogP contribution is -2.23. The van der Waals surface area contributed by atoms with Crippen LogP contribution < -0.4 is 17.0 Å². The zero-order valence-electron chi connectivity index (χ0n) is 9.97. The Kier molecular flexibility index (Phi) is 3.43. The quantitative estimate of drug-likeness (QED) is 0.844. The topological polar surface area (TPSA) is 91.1 Å². The van der Waals surface area contributed by atoms with E-state index >= 15 is 0 Å². The molecule has 4 N–H and O–H groups in total. The number of nitrogens with zero attached hydrogens (tertiary/aromatic N) is 1. The first-order valence-electron chi connectivity index (χ1n) is 5.55. The number of nitrogens with two attached hydrogens (primary N) is 2. The molecular weight excluding hydrogens is 249 g/mol. The van der Waals surface area contributed by atoms with Gasteiger partial charge in [-0.25, -0.2) is 4.39 Å². The van der Waals surface area contributed by atoms with Crippen molar-refractivity contribution in [2.75, 3.05) is 0 Å². The maximum absolute atomic E-state index is 13.7. The molecule has 0 unspecified atom stereocenters. The minimum atomic E-state index is -0.855. The van der Waals surface area contributed by atoms with Crippen molar-refractivity contribution in [3.8, 4) is 5.69 Å². The summed E-state index contributed by atoms with van der Waals surface area (Å²) in [7, 11) is 0. The average Bonchev–Trinajstić information content (AvgIpc) is 2.38. The molecule has 0 bridgehead atoms. The fourth-order valence-corrected chi connectivity index (χ4v) is 1.75. The van der Waals surface area contributed by atoms with Crippen molar-refractivity contribution in [1.82, 2.24) is 4.57 Å². The third-order valence-corrected chi connectivity index (χ3v) is 2.74. The summed E-state index contributed by atoms with van der Waals surface area (Å²) in [5, 5.41) is 0. The molecule has 0 saturated carbocycles. The van der Waals surface area contributed by atoms with E-state index in [0.717, 1.165) is 6.07 Å². The second kappa shape index (κ2) is 5.03. The Hall–Kier alpha value is -2.47. The number of halogens is 1. The molecule has 0 aliphatic carbocycles. The van der Waals surface area contributed by atoms with E-state index in [1.165, 1.54) is 22.9 Å². The van der Waals surface area contributed by atoms with Crippen LogP contribution in [0.3, 0.4) is 0 Å². The van der Waals surface area contributed by atoms with Gasteiger partial charge in [0.1, 0.15) is 5.82 Å². The highest BCUT2D eigenvalue weighted by Crippen LogP contribution is 2.12. The molecule has 0 saturated heterocycles. The normalized spacial score (nSPS) is 10.4. The van der Waals surface area contributed by atoms with Gasteiger partial charge in [-0.15, -0.1) is 0 Å². The summed E-state index contributed by atoms with van der Waals surface area (Å²) in [6.07, 6.45) is 1.50. The van der Waals surface area contributed by atoms with Crippen molar-refractivity contribution in [2.24, 2.45) is 11.5 Å². The van der Waals surface area contributed by atoms with Gasteiger partial charge in [-0.1, -0.05) is 6.07 Å². The average molecular weight is 261 g/mol. The summed E-state index contributed by atoms with van der Waals surface area (Å²) in [6.45, 7) is 0.0987. The van der Waals surface area contributed by atoms with Crippen molar-refractivity contribution in [3.05, 3.63) is 63.8 Å². The van der Waals surface area contributed by atoms with Gasteiger partial charge in [0, 0.05) is 18.3 Å². The monoisotopic (exact) mass is 261 g/mol. The lowest BCUT2D eigenvalue weighted by Gasteiger charge is -2.08. The summed E-state index contributed by atoms with van der Waals surface area (Å²) < 4.78 is 14.9. The van der Waals surface area contributed by atoms with Crippen LogP contribution >= 0.6 is 0 Å². The SMILES string of the molecule is NCc1cccn(-c2ccc(C(N)=O)c(F)c2)c1=O. The Balaban J connectivity index is 2.58. The highest BCUT2D eigenvalue weighted by atomic mass is 19.1.